The maximum absolute atomic E-state index is 12.9. The molecule has 0 aliphatic carbocycles. The van der Waals surface area contributed by atoms with E-state index in [9.17, 15) is 23.1 Å². The molecule has 1 aromatic heterocycles. The van der Waals surface area contributed by atoms with Crippen molar-refractivity contribution in [2.24, 2.45) is 0 Å². The summed E-state index contributed by atoms with van der Waals surface area (Å²) in [6.07, 6.45) is 2.20. The SMILES string of the molecule is CC(C)(C)OC(=O)N1Cc2cc(C#Cc3cc(-c4nn(CCCN5CCOCC5)c5c4CN(S(C)(=O)=O)CC5)ccc3Cl)ccc2CC1C(=O)O. The summed E-state index contributed by atoms with van der Waals surface area (Å²) in [5.41, 5.74) is 5.58. The van der Waals surface area contributed by atoms with Crippen molar-refractivity contribution in [3.05, 3.63) is 74.9 Å². The zero-order valence-corrected chi connectivity index (χ0v) is 31.0. The second-order valence-corrected chi connectivity index (χ2v) is 16.6. The zero-order valence-electron chi connectivity index (χ0n) is 29.4. The van der Waals surface area contributed by atoms with Crippen LogP contribution in [0, 0.1) is 11.8 Å². The number of carbonyl (C=O) groups is 2. The number of nitrogens with zero attached hydrogens (tertiary/aromatic N) is 5. The number of hydrogen-bond acceptors (Lipinski definition) is 8. The lowest BCUT2D eigenvalue weighted by molar-refractivity contribution is -0.143. The summed E-state index contributed by atoms with van der Waals surface area (Å²) in [5, 5.41) is 15.4. The Bertz CT molecular complexity index is 1990. The largest absolute Gasteiger partial charge is 0.480 e. The van der Waals surface area contributed by atoms with Gasteiger partial charge >= 0.3 is 12.1 Å². The number of amides is 1. The maximum Gasteiger partial charge on any atom is 0.411 e. The summed E-state index contributed by atoms with van der Waals surface area (Å²) < 4.78 is 39.6. The molecule has 1 atom stereocenters. The fourth-order valence-corrected chi connectivity index (χ4v) is 7.69. The van der Waals surface area contributed by atoms with Gasteiger partial charge in [0, 0.05) is 80.1 Å². The lowest BCUT2D eigenvalue weighted by Crippen LogP contribution is -2.50. The second-order valence-electron chi connectivity index (χ2n) is 14.2. The van der Waals surface area contributed by atoms with Crippen LogP contribution in [0.3, 0.4) is 0 Å². The average Bonchev–Trinajstić information content (AvgIpc) is 3.44. The number of sulfonamides is 1. The Balaban J connectivity index is 1.27. The van der Waals surface area contributed by atoms with Gasteiger partial charge in [0.1, 0.15) is 11.6 Å². The fraction of sp³-hybridized carbons (Fsp3) is 0.486. The number of aryl methyl sites for hydroxylation is 1. The predicted octanol–water partition coefficient (Wildman–Crippen LogP) is 4.39. The van der Waals surface area contributed by atoms with E-state index >= 15 is 0 Å². The van der Waals surface area contributed by atoms with E-state index in [1.165, 1.54) is 15.5 Å². The van der Waals surface area contributed by atoms with Crippen LogP contribution in [0.2, 0.25) is 5.02 Å². The first-order valence-corrected chi connectivity index (χ1v) is 19.4. The number of halogens is 1. The van der Waals surface area contributed by atoms with Gasteiger partial charge in [0.25, 0.3) is 0 Å². The smallest absolute Gasteiger partial charge is 0.411 e. The predicted molar refractivity (Wildman–Crippen MR) is 193 cm³/mol. The van der Waals surface area contributed by atoms with Crippen molar-refractivity contribution in [1.29, 1.82) is 0 Å². The van der Waals surface area contributed by atoms with Crippen LogP contribution in [-0.2, 0) is 56.8 Å². The topological polar surface area (TPSA) is 135 Å². The summed E-state index contributed by atoms with van der Waals surface area (Å²) in [6.45, 7) is 10.9. The van der Waals surface area contributed by atoms with E-state index in [-0.39, 0.29) is 19.5 Å². The molecule has 1 saturated heterocycles. The standard InChI is InChI=1S/C37H44ClN5O7S/c1-37(2,3)50-36(46)42-23-29-20-25(6-8-26(29)22-33(42)35(44)45)7-9-27-21-28(10-11-31(27)38)34-30-24-41(51(4,47)48)15-12-32(30)43(39-34)14-5-13-40-16-18-49-19-17-40/h6,8,10-11,20-21,33H,5,12-19,22-24H2,1-4H3,(H,44,45). The molecule has 14 heteroatoms. The number of carbonyl (C=O) groups excluding carboxylic acids is 1. The van der Waals surface area contributed by atoms with Gasteiger partial charge in [-0.3, -0.25) is 14.5 Å². The van der Waals surface area contributed by atoms with Crippen LogP contribution in [0.15, 0.2) is 36.4 Å². The normalized spacial score (nSPS) is 18.4. The van der Waals surface area contributed by atoms with Crippen molar-refractivity contribution in [3.8, 4) is 23.1 Å². The van der Waals surface area contributed by atoms with E-state index in [0.29, 0.717) is 34.8 Å². The Kier molecular flexibility index (Phi) is 10.8. The molecule has 0 saturated carbocycles. The van der Waals surface area contributed by atoms with Crippen molar-refractivity contribution in [3.63, 3.8) is 0 Å². The highest BCUT2D eigenvalue weighted by Gasteiger charge is 2.37. The molecule has 2 aromatic carbocycles. The van der Waals surface area contributed by atoms with Crippen molar-refractivity contribution in [2.45, 2.75) is 71.3 Å². The number of morpholine rings is 1. The zero-order chi connectivity index (χ0) is 36.5. The number of hydrogen-bond donors (Lipinski definition) is 1. The Labute approximate surface area is 304 Å². The van der Waals surface area contributed by atoms with E-state index in [1.807, 2.05) is 35.0 Å². The van der Waals surface area contributed by atoms with Crippen molar-refractivity contribution < 1.29 is 32.6 Å². The molecule has 0 radical (unpaired) electrons. The number of benzene rings is 2. The van der Waals surface area contributed by atoms with Crippen LogP contribution in [-0.4, -0.2) is 107 Å². The van der Waals surface area contributed by atoms with E-state index in [4.69, 9.17) is 26.2 Å². The lowest BCUT2D eigenvalue weighted by atomic mass is 9.92. The Morgan fingerprint density at radius 1 is 1.04 bits per heavy atom. The molecule has 3 aliphatic rings. The van der Waals surface area contributed by atoms with E-state index in [0.717, 1.165) is 73.8 Å². The number of fused-ring (bicyclic) bond motifs is 2. The van der Waals surface area contributed by atoms with Crippen molar-refractivity contribution in [2.75, 3.05) is 45.6 Å². The summed E-state index contributed by atoms with van der Waals surface area (Å²) in [5.74, 6) is 5.29. The number of rotatable bonds is 7. The third-order valence-electron chi connectivity index (χ3n) is 9.35. The number of ether oxygens (including phenoxy) is 2. The third kappa shape index (κ3) is 8.76. The van der Waals surface area contributed by atoms with E-state index in [1.54, 1.807) is 26.8 Å². The minimum Gasteiger partial charge on any atom is -0.480 e. The second kappa shape index (κ2) is 15.0. The molecule has 12 nitrogen and oxygen atoms in total. The molecule has 0 spiro atoms. The van der Waals surface area contributed by atoms with E-state index < -0.39 is 33.7 Å². The molecule has 3 aromatic rings. The first-order chi connectivity index (χ1) is 24.2. The molecule has 1 fully saturated rings. The van der Waals surface area contributed by atoms with Gasteiger partial charge in [-0.25, -0.2) is 18.0 Å². The Hall–Kier alpha value is -3.93. The van der Waals surface area contributed by atoms with Gasteiger partial charge in [0.2, 0.25) is 10.0 Å². The Morgan fingerprint density at radius 2 is 1.80 bits per heavy atom. The quantitative estimate of drug-likeness (QED) is 0.351. The summed E-state index contributed by atoms with van der Waals surface area (Å²) in [4.78, 5) is 28.6. The molecule has 1 N–H and O–H groups in total. The van der Waals surface area contributed by atoms with Crippen LogP contribution in [0.1, 0.15) is 60.7 Å². The van der Waals surface area contributed by atoms with Crippen LogP contribution >= 0.6 is 11.6 Å². The maximum atomic E-state index is 12.9. The first kappa shape index (κ1) is 36.8. The molecule has 51 heavy (non-hydrogen) atoms. The van der Waals surface area contributed by atoms with Gasteiger partial charge in [0.15, 0.2) is 0 Å². The summed E-state index contributed by atoms with van der Waals surface area (Å²) in [6, 6.07) is 10.1. The first-order valence-electron chi connectivity index (χ1n) is 17.2. The lowest BCUT2D eigenvalue weighted by Gasteiger charge is -2.35. The third-order valence-corrected chi connectivity index (χ3v) is 10.9. The highest BCUT2D eigenvalue weighted by atomic mass is 35.5. The number of aliphatic carboxylic acids is 1. The van der Waals surface area contributed by atoms with Gasteiger partial charge in [-0.05, 0) is 62.6 Å². The molecule has 4 heterocycles. The highest BCUT2D eigenvalue weighted by molar-refractivity contribution is 7.88. The average molecular weight is 738 g/mol. The molecule has 3 aliphatic heterocycles. The molecule has 1 unspecified atom stereocenters. The Morgan fingerprint density at radius 3 is 2.51 bits per heavy atom. The highest BCUT2D eigenvalue weighted by Crippen LogP contribution is 2.33. The number of carboxylic acid groups (broad SMARTS) is 1. The van der Waals surface area contributed by atoms with Gasteiger partial charge < -0.3 is 14.6 Å². The molecule has 0 bridgehead atoms. The number of carboxylic acids is 1. The minimum atomic E-state index is -3.40. The molecule has 272 valence electrons. The van der Waals surface area contributed by atoms with E-state index in [2.05, 4.69) is 16.7 Å². The van der Waals surface area contributed by atoms with Crippen molar-refractivity contribution >= 4 is 33.7 Å². The van der Waals surface area contributed by atoms with Gasteiger partial charge in [-0.2, -0.15) is 9.40 Å². The molecule has 1 amide bonds. The number of aromatic nitrogens is 2. The van der Waals surface area contributed by atoms with Gasteiger partial charge in [0.05, 0.1) is 36.7 Å². The van der Waals surface area contributed by atoms with Crippen LogP contribution in [0.5, 0.6) is 0 Å². The monoisotopic (exact) mass is 737 g/mol. The van der Waals surface area contributed by atoms with Crippen LogP contribution in [0.25, 0.3) is 11.3 Å². The molecular weight excluding hydrogens is 694 g/mol. The molecule has 6 rings (SSSR count). The van der Waals surface area contributed by atoms with Gasteiger partial charge in [-0.1, -0.05) is 35.6 Å². The summed E-state index contributed by atoms with van der Waals surface area (Å²) in [7, 11) is -3.40. The summed E-state index contributed by atoms with van der Waals surface area (Å²) >= 11 is 6.65. The molecular formula is C37H44ClN5O7S. The minimum absolute atomic E-state index is 0.0810. The van der Waals surface area contributed by atoms with Crippen molar-refractivity contribution in [1.82, 2.24) is 23.9 Å². The fourth-order valence-electron chi connectivity index (χ4n) is 6.74. The van der Waals surface area contributed by atoms with Gasteiger partial charge in [-0.15, -0.1) is 0 Å². The van der Waals surface area contributed by atoms with Crippen LogP contribution < -0.4 is 0 Å². The van der Waals surface area contributed by atoms with Crippen LogP contribution in [0.4, 0.5) is 4.79 Å².